The Morgan fingerprint density at radius 3 is 2.54 bits per heavy atom. The van der Waals surface area contributed by atoms with Gasteiger partial charge in [0.2, 0.25) is 0 Å². The van der Waals surface area contributed by atoms with Gasteiger partial charge in [-0.3, -0.25) is 19.8 Å². The molecule has 0 bridgehead atoms. The van der Waals surface area contributed by atoms with Gasteiger partial charge in [-0.15, -0.1) is 0 Å². The summed E-state index contributed by atoms with van der Waals surface area (Å²) in [7, 11) is 1.54. The average molecular weight is 370 g/mol. The third kappa shape index (κ3) is 3.20. The molecule has 1 saturated heterocycles. The molecule has 0 saturated carbocycles. The maximum absolute atomic E-state index is 12.6. The highest BCUT2D eigenvalue weighted by Gasteiger charge is 2.32. The highest BCUT2D eigenvalue weighted by atomic mass is 32.1. The molecular weight excluding hydrogens is 358 g/mol. The molecular formula is C17H12N3O5S-. The van der Waals surface area contributed by atoms with Gasteiger partial charge in [0.15, 0.2) is 5.11 Å². The van der Waals surface area contributed by atoms with Gasteiger partial charge in [-0.05, 0) is 53.9 Å². The number of thiocarbonyl (C=S) groups is 1. The summed E-state index contributed by atoms with van der Waals surface area (Å²) in [6, 6.07) is 10.4. The number of nitro benzene ring substituents is 1. The zero-order chi connectivity index (χ0) is 18.8. The molecule has 9 heteroatoms. The van der Waals surface area contributed by atoms with Gasteiger partial charge in [0.05, 0.1) is 17.7 Å². The quantitative estimate of drug-likeness (QED) is 0.379. The fourth-order valence-electron chi connectivity index (χ4n) is 2.43. The van der Waals surface area contributed by atoms with Crippen LogP contribution in [0.2, 0.25) is 0 Å². The van der Waals surface area contributed by atoms with Crippen LogP contribution in [-0.2, 0) is 4.79 Å². The summed E-state index contributed by atoms with van der Waals surface area (Å²) < 4.78 is 5.08. The molecule has 1 heterocycles. The fourth-order valence-corrected chi connectivity index (χ4v) is 2.73. The Morgan fingerprint density at radius 2 is 1.92 bits per heavy atom. The largest absolute Gasteiger partial charge is 0.868 e. The first-order valence-corrected chi connectivity index (χ1v) is 7.78. The maximum Gasteiger partial charge on any atom is 0.281 e. The van der Waals surface area contributed by atoms with Crippen molar-refractivity contribution in [1.82, 2.24) is 5.32 Å². The van der Waals surface area contributed by atoms with E-state index in [-0.39, 0.29) is 10.8 Å². The molecule has 1 N–H and O–H groups in total. The van der Waals surface area contributed by atoms with Crippen molar-refractivity contribution in [3.8, 4) is 11.5 Å². The molecule has 1 aliphatic heterocycles. The van der Waals surface area contributed by atoms with Gasteiger partial charge in [-0.25, -0.2) is 0 Å². The van der Waals surface area contributed by atoms with E-state index in [0.717, 1.165) is 12.1 Å². The van der Waals surface area contributed by atoms with Crippen LogP contribution in [0.4, 0.5) is 11.4 Å². The number of carbonyl (C=O) groups excluding carboxylic acids is 1. The standard InChI is InChI=1S/C17H13N3O5S/c1-25-12-5-3-11(4-6-12)19-16(22)13(18-17(19)26)8-10-2-7-15(21)14(9-10)20(23)24/h2-9,21H,1H3,(H,18,26)/p-1/b13-8-. The number of hydrogen-bond acceptors (Lipinski definition) is 6. The van der Waals surface area contributed by atoms with Gasteiger partial charge in [0.25, 0.3) is 11.6 Å². The zero-order valence-electron chi connectivity index (χ0n) is 13.5. The van der Waals surface area contributed by atoms with Gasteiger partial charge < -0.3 is 15.2 Å². The molecule has 1 fully saturated rings. The first kappa shape index (κ1) is 17.4. The SMILES string of the molecule is COc1ccc(N2C(=O)/C(=C/c3ccc([O-])c([N+](=O)[O-])c3)NC2=S)cc1. The third-order valence-corrected chi connectivity index (χ3v) is 3.98. The molecule has 3 rings (SSSR count). The Bertz CT molecular complexity index is 940. The topological polar surface area (TPSA) is 108 Å². The molecule has 1 amide bonds. The highest BCUT2D eigenvalue weighted by Crippen LogP contribution is 2.27. The van der Waals surface area contributed by atoms with E-state index < -0.39 is 22.3 Å². The lowest BCUT2D eigenvalue weighted by atomic mass is 10.1. The molecule has 0 aliphatic carbocycles. The lowest BCUT2D eigenvalue weighted by molar-refractivity contribution is -0.398. The van der Waals surface area contributed by atoms with Crippen LogP contribution in [0.1, 0.15) is 5.56 Å². The monoisotopic (exact) mass is 370 g/mol. The summed E-state index contributed by atoms with van der Waals surface area (Å²) in [5.74, 6) is -0.465. The zero-order valence-corrected chi connectivity index (χ0v) is 14.3. The molecule has 0 aromatic heterocycles. The number of rotatable bonds is 4. The van der Waals surface area contributed by atoms with Crippen molar-refractivity contribution in [2.75, 3.05) is 12.0 Å². The first-order valence-electron chi connectivity index (χ1n) is 7.37. The number of carbonyl (C=O) groups is 1. The lowest BCUT2D eigenvalue weighted by Gasteiger charge is -2.14. The van der Waals surface area contributed by atoms with Crippen LogP contribution >= 0.6 is 12.2 Å². The van der Waals surface area contributed by atoms with Crippen molar-refractivity contribution in [3.63, 3.8) is 0 Å². The van der Waals surface area contributed by atoms with E-state index in [1.165, 1.54) is 24.2 Å². The van der Waals surface area contributed by atoms with E-state index in [0.29, 0.717) is 17.0 Å². The van der Waals surface area contributed by atoms with Gasteiger partial charge in [-0.1, -0.05) is 12.1 Å². The number of ether oxygens (including phenoxy) is 1. The molecule has 1 aliphatic rings. The number of nitrogens with zero attached hydrogens (tertiary/aromatic N) is 2. The smallest absolute Gasteiger partial charge is 0.281 e. The van der Waals surface area contributed by atoms with E-state index in [1.54, 1.807) is 24.3 Å². The van der Waals surface area contributed by atoms with E-state index in [1.807, 2.05) is 0 Å². The molecule has 0 atom stereocenters. The first-order chi connectivity index (χ1) is 12.4. The minimum Gasteiger partial charge on any atom is -0.868 e. The normalized spacial score (nSPS) is 15.3. The number of nitrogens with one attached hydrogen (secondary N) is 1. The van der Waals surface area contributed by atoms with Gasteiger partial charge in [0.1, 0.15) is 11.4 Å². The van der Waals surface area contributed by atoms with Crippen LogP contribution in [0.15, 0.2) is 48.2 Å². The van der Waals surface area contributed by atoms with Crippen LogP contribution < -0.4 is 20.1 Å². The minimum atomic E-state index is -0.761. The maximum atomic E-state index is 12.6. The van der Waals surface area contributed by atoms with Crippen molar-refractivity contribution in [3.05, 3.63) is 63.8 Å². The van der Waals surface area contributed by atoms with E-state index in [9.17, 15) is 20.0 Å². The minimum absolute atomic E-state index is 0.152. The summed E-state index contributed by atoms with van der Waals surface area (Å²) in [5.41, 5.74) is 0.488. The summed E-state index contributed by atoms with van der Waals surface area (Å²) in [6.45, 7) is 0. The Balaban J connectivity index is 1.92. The van der Waals surface area contributed by atoms with Crippen molar-refractivity contribution in [2.45, 2.75) is 0 Å². The number of anilines is 1. The molecule has 0 unspecified atom stereocenters. The Labute approximate surface area is 153 Å². The summed E-state index contributed by atoms with van der Waals surface area (Å²) >= 11 is 5.21. The van der Waals surface area contributed by atoms with Crippen LogP contribution in [0.5, 0.6) is 11.5 Å². The lowest BCUT2D eigenvalue weighted by Crippen LogP contribution is -2.30. The highest BCUT2D eigenvalue weighted by molar-refractivity contribution is 7.80. The van der Waals surface area contributed by atoms with Crippen molar-refractivity contribution < 1.29 is 19.6 Å². The summed E-state index contributed by atoms with van der Waals surface area (Å²) in [5, 5.41) is 25.3. The van der Waals surface area contributed by atoms with E-state index in [2.05, 4.69) is 5.32 Å². The Hall–Kier alpha value is -3.46. The second-order valence-electron chi connectivity index (χ2n) is 5.31. The summed E-state index contributed by atoms with van der Waals surface area (Å²) in [6.07, 6.45) is 1.41. The van der Waals surface area contributed by atoms with Crippen LogP contribution in [0.3, 0.4) is 0 Å². The molecule has 0 spiro atoms. The second kappa shape index (κ2) is 6.81. The number of nitro groups is 1. The number of amides is 1. The Kier molecular flexibility index (Phi) is 4.55. The molecule has 2 aromatic carbocycles. The van der Waals surface area contributed by atoms with Crippen molar-refractivity contribution in [1.29, 1.82) is 0 Å². The molecule has 132 valence electrons. The Morgan fingerprint density at radius 1 is 1.23 bits per heavy atom. The number of benzene rings is 2. The third-order valence-electron chi connectivity index (χ3n) is 3.70. The molecule has 8 nitrogen and oxygen atoms in total. The fraction of sp³-hybridized carbons (Fsp3) is 0.0588. The predicted octanol–water partition coefficient (Wildman–Crippen LogP) is 1.94. The van der Waals surface area contributed by atoms with Gasteiger partial charge in [0, 0.05) is 6.07 Å². The van der Waals surface area contributed by atoms with E-state index in [4.69, 9.17) is 17.0 Å². The predicted molar refractivity (Wildman–Crippen MR) is 96.7 cm³/mol. The number of methoxy groups -OCH3 is 1. The van der Waals surface area contributed by atoms with Gasteiger partial charge in [-0.2, -0.15) is 0 Å². The summed E-state index contributed by atoms with van der Waals surface area (Å²) in [4.78, 5) is 24.1. The molecule has 2 aromatic rings. The van der Waals surface area contributed by atoms with Crippen LogP contribution in [0, 0.1) is 10.1 Å². The molecule has 0 radical (unpaired) electrons. The van der Waals surface area contributed by atoms with Gasteiger partial charge >= 0.3 is 0 Å². The van der Waals surface area contributed by atoms with Crippen molar-refractivity contribution >= 4 is 40.7 Å². The van der Waals surface area contributed by atoms with E-state index >= 15 is 0 Å². The van der Waals surface area contributed by atoms with Crippen molar-refractivity contribution in [2.24, 2.45) is 0 Å². The average Bonchev–Trinajstić information content (AvgIpc) is 2.90. The second-order valence-corrected chi connectivity index (χ2v) is 5.70. The molecule has 26 heavy (non-hydrogen) atoms. The van der Waals surface area contributed by atoms with Crippen LogP contribution in [0.25, 0.3) is 6.08 Å². The number of hydrogen-bond donors (Lipinski definition) is 1. The van der Waals surface area contributed by atoms with Crippen LogP contribution in [-0.4, -0.2) is 23.1 Å².